The number of aromatic nitrogens is 2. The fourth-order valence-corrected chi connectivity index (χ4v) is 5.35. The molecule has 0 unspecified atom stereocenters. The summed E-state index contributed by atoms with van der Waals surface area (Å²) in [6.07, 6.45) is 25.0. The van der Waals surface area contributed by atoms with Gasteiger partial charge in [-0.05, 0) is 30.7 Å². The van der Waals surface area contributed by atoms with Gasteiger partial charge in [-0.2, -0.15) is 0 Å². The van der Waals surface area contributed by atoms with Crippen molar-refractivity contribution < 1.29 is 4.57 Å². The average molecular weight is 446 g/mol. The lowest BCUT2D eigenvalue weighted by Gasteiger charge is -2.03. The van der Waals surface area contributed by atoms with Gasteiger partial charge in [-0.15, -0.1) is 11.8 Å². The zero-order chi connectivity index (χ0) is 22.0. The first-order valence-electron chi connectivity index (χ1n) is 13.4. The number of aryl methyl sites for hydroxylation is 1. The summed E-state index contributed by atoms with van der Waals surface area (Å²) < 4.78 is 4.88. The Kier molecular flexibility index (Phi) is 14.9. The Balaban J connectivity index is 1.45. The minimum absolute atomic E-state index is 1.08. The van der Waals surface area contributed by atoms with Gasteiger partial charge in [0, 0.05) is 0 Å². The first kappa shape index (κ1) is 26.3. The zero-order valence-electron chi connectivity index (χ0n) is 20.6. The summed E-state index contributed by atoms with van der Waals surface area (Å²) in [6, 6.07) is 8.86. The van der Waals surface area contributed by atoms with E-state index in [1.54, 1.807) is 0 Å². The highest BCUT2D eigenvalue weighted by atomic mass is 32.2. The molecule has 0 atom stereocenters. The van der Waals surface area contributed by atoms with Gasteiger partial charge in [-0.25, -0.2) is 9.13 Å². The molecule has 0 bridgehead atoms. The summed E-state index contributed by atoms with van der Waals surface area (Å²) in [5.74, 6) is 2.37. The van der Waals surface area contributed by atoms with Gasteiger partial charge >= 0.3 is 0 Å². The number of hydrogen-bond acceptors (Lipinski definition) is 1. The fraction of sp³-hybridized carbons (Fsp3) is 0.750. The van der Waals surface area contributed by atoms with Crippen LogP contribution in [0.2, 0.25) is 0 Å². The van der Waals surface area contributed by atoms with Crippen LogP contribution in [0, 0.1) is 0 Å². The Morgan fingerprint density at radius 2 is 1.23 bits per heavy atom. The van der Waals surface area contributed by atoms with Gasteiger partial charge < -0.3 is 0 Å². The molecular weight excluding hydrogens is 396 g/mol. The molecule has 2 nitrogen and oxygen atoms in total. The molecule has 2 aromatic rings. The van der Waals surface area contributed by atoms with Crippen molar-refractivity contribution in [1.82, 2.24) is 4.57 Å². The van der Waals surface area contributed by atoms with Gasteiger partial charge in [-0.1, -0.05) is 116 Å². The van der Waals surface area contributed by atoms with E-state index in [-0.39, 0.29) is 0 Å². The monoisotopic (exact) mass is 445 g/mol. The van der Waals surface area contributed by atoms with Gasteiger partial charge in [0.1, 0.15) is 5.88 Å². The van der Waals surface area contributed by atoms with Crippen LogP contribution < -0.4 is 4.57 Å². The maximum absolute atomic E-state index is 2.44. The molecule has 1 aromatic heterocycles. The molecular formula is C28H49N2S+. The second kappa shape index (κ2) is 17.6. The number of imidazole rings is 1. The van der Waals surface area contributed by atoms with E-state index in [0.717, 1.165) is 12.4 Å². The minimum Gasteiger partial charge on any atom is -0.230 e. The highest BCUT2D eigenvalue weighted by molar-refractivity contribution is 7.98. The Labute approximate surface area is 197 Å². The van der Waals surface area contributed by atoms with Crippen LogP contribution in [-0.2, 0) is 12.4 Å². The van der Waals surface area contributed by atoms with E-state index < -0.39 is 0 Å². The van der Waals surface area contributed by atoms with Gasteiger partial charge in [0.25, 0.3) is 0 Å². The highest BCUT2D eigenvalue weighted by Gasteiger charge is 2.14. The zero-order valence-corrected chi connectivity index (χ0v) is 21.4. The molecule has 3 heteroatoms. The SMILES string of the molecule is CCCCCCCCCCCCCCCCSC[n+]1cn(CCCC)c2ccccc21. The van der Waals surface area contributed by atoms with Crippen molar-refractivity contribution in [2.24, 2.45) is 0 Å². The Morgan fingerprint density at radius 3 is 1.84 bits per heavy atom. The molecule has 0 aliphatic carbocycles. The van der Waals surface area contributed by atoms with Crippen LogP contribution >= 0.6 is 11.8 Å². The summed E-state index contributed by atoms with van der Waals surface area (Å²) in [6.45, 7) is 5.70. The molecule has 0 aliphatic rings. The number of benzene rings is 1. The van der Waals surface area contributed by atoms with Crippen molar-refractivity contribution in [3.05, 3.63) is 30.6 Å². The van der Waals surface area contributed by atoms with E-state index in [1.165, 1.54) is 120 Å². The Morgan fingerprint density at radius 1 is 0.677 bits per heavy atom. The van der Waals surface area contributed by atoms with Crippen LogP contribution in [0.5, 0.6) is 0 Å². The predicted octanol–water partition coefficient (Wildman–Crippen LogP) is 8.90. The average Bonchev–Trinajstić information content (AvgIpc) is 3.15. The van der Waals surface area contributed by atoms with Gasteiger partial charge in [0.15, 0.2) is 11.0 Å². The van der Waals surface area contributed by atoms with E-state index in [2.05, 4.69) is 65.3 Å². The first-order chi connectivity index (χ1) is 15.4. The second-order valence-corrected chi connectivity index (χ2v) is 10.3. The van der Waals surface area contributed by atoms with Crippen LogP contribution in [0.3, 0.4) is 0 Å². The van der Waals surface area contributed by atoms with E-state index in [4.69, 9.17) is 0 Å². The molecule has 1 aromatic carbocycles. The van der Waals surface area contributed by atoms with E-state index in [0.29, 0.717) is 0 Å². The number of fused-ring (bicyclic) bond motifs is 1. The number of rotatable bonds is 20. The molecule has 0 saturated carbocycles. The molecule has 0 fully saturated rings. The van der Waals surface area contributed by atoms with Crippen molar-refractivity contribution in [3.8, 4) is 0 Å². The molecule has 0 spiro atoms. The normalized spacial score (nSPS) is 11.5. The van der Waals surface area contributed by atoms with Gasteiger partial charge in [-0.3, -0.25) is 0 Å². The molecule has 0 radical (unpaired) electrons. The van der Waals surface area contributed by atoms with Crippen LogP contribution in [0.15, 0.2) is 30.6 Å². The summed E-state index contributed by atoms with van der Waals surface area (Å²) >= 11 is 2.09. The molecule has 1 heterocycles. The molecule has 176 valence electrons. The fourth-order valence-electron chi connectivity index (χ4n) is 4.41. The topological polar surface area (TPSA) is 8.81 Å². The Bertz CT molecular complexity index is 679. The number of unbranched alkanes of at least 4 members (excludes halogenated alkanes) is 14. The minimum atomic E-state index is 1.08. The van der Waals surface area contributed by atoms with Crippen LogP contribution in [0.25, 0.3) is 11.0 Å². The van der Waals surface area contributed by atoms with Gasteiger partial charge in [0.2, 0.25) is 6.33 Å². The van der Waals surface area contributed by atoms with Crippen LogP contribution in [0.1, 0.15) is 117 Å². The maximum atomic E-state index is 2.44. The van der Waals surface area contributed by atoms with Crippen molar-refractivity contribution in [3.63, 3.8) is 0 Å². The number of thioether (sulfide) groups is 1. The third-order valence-corrected chi connectivity index (χ3v) is 7.44. The van der Waals surface area contributed by atoms with Crippen LogP contribution in [0.4, 0.5) is 0 Å². The second-order valence-electron chi connectivity index (χ2n) is 9.25. The lowest BCUT2D eigenvalue weighted by atomic mass is 10.0. The molecule has 0 aliphatic heterocycles. The van der Waals surface area contributed by atoms with Gasteiger partial charge in [0.05, 0.1) is 6.54 Å². The molecule has 0 saturated heterocycles. The van der Waals surface area contributed by atoms with Crippen LogP contribution in [-0.4, -0.2) is 10.3 Å². The summed E-state index contributed by atoms with van der Waals surface area (Å²) in [5, 5.41) is 0. The number of hydrogen-bond donors (Lipinski definition) is 0. The third kappa shape index (κ3) is 10.9. The largest absolute Gasteiger partial charge is 0.245 e. The van der Waals surface area contributed by atoms with Crippen molar-refractivity contribution in [1.29, 1.82) is 0 Å². The Hall–Kier alpha value is -0.960. The molecule has 31 heavy (non-hydrogen) atoms. The predicted molar refractivity (Wildman–Crippen MR) is 140 cm³/mol. The third-order valence-electron chi connectivity index (χ3n) is 6.40. The summed E-state index contributed by atoms with van der Waals surface area (Å²) in [5.41, 5.74) is 2.76. The lowest BCUT2D eigenvalue weighted by Crippen LogP contribution is -2.30. The quantitative estimate of drug-likeness (QED) is 0.146. The number of nitrogens with zero attached hydrogens (tertiary/aromatic N) is 2. The molecule has 0 amide bonds. The first-order valence-corrected chi connectivity index (χ1v) is 14.6. The highest BCUT2D eigenvalue weighted by Crippen LogP contribution is 2.16. The maximum Gasteiger partial charge on any atom is 0.245 e. The smallest absolute Gasteiger partial charge is 0.230 e. The van der Waals surface area contributed by atoms with Crippen molar-refractivity contribution in [2.45, 2.75) is 129 Å². The standard InChI is InChI=1S/C28H49N2S/c1-3-5-7-8-9-10-11-12-13-14-15-16-17-20-24-31-26-30-25-29(23-6-4-2)27-21-18-19-22-28(27)30/h18-19,21-22,25H,3-17,20,23-24,26H2,1-2H3/q+1. The van der Waals surface area contributed by atoms with Crippen molar-refractivity contribution in [2.75, 3.05) is 5.75 Å². The number of para-hydroxylation sites is 2. The molecule has 2 rings (SSSR count). The van der Waals surface area contributed by atoms with E-state index in [1.807, 2.05) is 0 Å². The van der Waals surface area contributed by atoms with E-state index in [9.17, 15) is 0 Å². The van der Waals surface area contributed by atoms with E-state index >= 15 is 0 Å². The lowest BCUT2D eigenvalue weighted by molar-refractivity contribution is -0.650. The van der Waals surface area contributed by atoms with Crippen molar-refractivity contribution >= 4 is 22.8 Å². The summed E-state index contributed by atoms with van der Waals surface area (Å²) in [7, 11) is 0. The molecule has 0 N–H and O–H groups in total. The summed E-state index contributed by atoms with van der Waals surface area (Å²) in [4.78, 5) is 0.